The van der Waals surface area contributed by atoms with Gasteiger partial charge in [-0.15, -0.1) is 0 Å². The summed E-state index contributed by atoms with van der Waals surface area (Å²) in [6.07, 6.45) is 2.00. The van der Waals surface area contributed by atoms with E-state index < -0.39 is 32.5 Å². The number of carbonyl (C=O) groups excluding carboxylic acids is 1. The zero-order chi connectivity index (χ0) is 28.1. The van der Waals surface area contributed by atoms with E-state index in [2.05, 4.69) is 10.0 Å². The Kier molecular flexibility index (Phi) is 9.75. The van der Waals surface area contributed by atoms with Crippen LogP contribution in [0.4, 0.5) is 10.2 Å². The average molecular weight is 549 g/mol. The molecule has 210 valence electrons. The molecular weight excluding hydrogens is 507 g/mol. The number of sulfonamides is 1. The van der Waals surface area contributed by atoms with E-state index in [0.717, 1.165) is 19.4 Å². The predicted octanol–water partition coefficient (Wildman–Crippen LogP) is 4.75. The third kappa shape index (κ3) is 7.66. The number of benzene rings is 1. The van der Waals surface area contributed by atoms with Gasteiger partial charge in [0.15, 0.2) is 0 Å². The molecule has 2 aromatic rings. The van der Waals surface area contributed by atoms with E-state index in [9.17, 15) is 17.6 Å². The molecule has 1 aliphatic rings. The Labute approximate surface area is 226 Å². The van der Waals surface area contributed by atoms with Crippen molar-refractivity contribution in [3.8, 4) is 17.0 Å². The van der Waals surface area contributed by atoms with Crippen molar-refractivity contribution in [3.63, 3.8) is 0 Å². The summed E-state index contributed by atoms with van der Waals surface area (Å²) in [7, 11) is -3.88. The van der Waals surface area contributed by atoms with Crippen molar-refractivity contribution in [3.05, 3.63) is 41.7 Å². The highest BCUT2D eigenvalue weighted by Crippen LogP contribution is 2.31. The van der Waals surface area contributed by atoms with Gasteiger partial charge in [0.2, 0.25) is 10.0 Å². The Hall–Kier alpha value is -2.72. The highest BCUT2D eigenvalue weighted by atomic mass is 32.2. The molecule has 1 amide bonds. The van der Waals surface area contributed by atoms with Gasteiger partial charge in [0.25, 0.3) is 5.91 Å². The first-order valence-electron chi connectivity index (χ1n) is 13.3. The van der Waals surface area contributed by atoms with Crippen LogP contribution in [0, 0.1) is 11.7 Å². The number of aromatic nitrogens is 1. The molecule has 0 aliphatic carbocycles. The molecule has 1 aromatic heterocycles. The van der Waals surface area contributed by atoms with Crippen LogP contribution in [-0.2, 0) is 10.0 Å². The Morgan fingerprint density at radius 3 is 2.61 bits per heavy atom. The quantitative estimate of drug-likeness (QED) is 0.442. The monoisotopic (exact) mass is 548 g/mol. The van der Waals surface area contributed by atoms with Gasteiger partial charge in [0, 0.05) is 30.3 Å². The van der Waals surface area contributed by atoms with E-state index in [1.54, 1.807) is 18.2 Å². The summed E-state index contributed by atoms with van der Waals surface area (Å²) in [5, 5.41) is 2.40. The van der Waals surface area contributed by atoms with Gasteiger partial charge >= 0.3 is 0 Å². The van der Waals surface area contributed by atoms with Crippen molar-refractivity contribution >= 4 is 21.7 Å². The van der Waals surface area contributed by atoms with Crippen LogP contribution >= 0.6 is 0 Å². The zero-order valence-electron chi connectivity index (χ0n) is 23.3. The standard InChI is InChI=1S/C28H41FN4O4S/c1-7-13-33(28(4,5)6)26-24(27(34)32-38(35,36)23-9-8-12-30-17-23)10-11-25(31-26)20-14-21(29)16-22(15-20)37-18-19(2)3/h10-11,14-16,19,23,30H,7-9,12-13,17-18H2,1-6H3,(H,32,34). The van der Waals surface area contributed by atoms with E-state index >= 15 is 0 Å². The van der Waals surface area contributed by atoms with E-state index in [1.807, 2.05) is 46.4 Å². The minimum atomic E-state index is -3.88. The summed E-state index contributed by atoms with van der Waals surface area (Å²) in [5.41, 5.74) is 0.687. The Morgan fingerprint density at radius 2 is 2.00 bits per heavy atom. The smallest absolute Gasteiger partial charge is 0.268 e. The summed E-state index contributed by atoms with van der Waals surface area (Å²) in [4.78, 5) is 20.2. The van der Waals surface area contributed by atoms with E-state index in [4.69, 9.17) is 9.72 Å². The number of rotatable bonds is 10. The maximum atomic E-state index is 14.5. The van der Waals surface area contributed by atoms with Gasteiger partial charge in [-0.3, -0.25) is 4.79 Å². The second-order valence-corrected chi connectivity index (χ2v) is 13.2. The molecule has 1 aromatic carbocycles. The average Bonchev–Trinajstić information content (AvgIpc) is 2.85. The van der Waals surface area contributed by atoms with Crippen LogP contribution in [-0.4, -0.2) is 56.3 Å². The molecule has 3 rings (SSSR count). The highest BCUT2D eigenvalue weighted by Gasteiger charge is 2.32. The summed E-state index contributed by atoms with van der Waals surface area (Å²) < 4.78 is 48.5. The lowest BCUT2D eigenvalue weighted by atomic mass is 10.0. The van der Waals surface area contributed by atoms with Crippen LogP contribution in [0.3, 0.4) is 0 Å². The molecule has 10 heteroatoms. The SMILES string of the molecule is CCCN(c1nc(-c2cc(F)cc(OCC(C)C)c2)ccc1C(=O)NS(=O)(=O)C1CCCNC1)C(C)(C)C. The fourth-order valence-electron chi connectivity index (χ4n) is 4.38. The van der Waals surface area contributed by atoms with Crippen LogP contribution in [0.25, 0.3) is 11.3 Å². The zero-order valence-corrected chi connectivity index (χ0v) is 24.1. The molecule has 1 unspecified atom stereocenters. The van der Waals surface area contributed by atoms with Crippen LogP contribution in [0.2, 0.25) is 0 Å². The predicted molar refractivity (Wildman–Crippen MR) is 150 cm³/mol. The number of nitrogens with zero attached hydrogens (tertiary/aromatic N) is 2. The Bertz CT molecular complexity index is 1220. The minimum Gasteiger partial charge on any atom is -0.493 e. The first-order chi connectivity index (χ1) is 17.8. The first-order valence-corrected chi connectivity index (χ1v) is 14.9. The number of amides is 1. The maximum Gasteiger partial charge on any atom is 0.268 e. The highest BCUT2D eigenvalue weighted by molar-refractivity contribution is 7.90. The minimum absolute atomic E-state index is 0.150. The molecule has 1 atom stereocenters. The third-order valence-electron chi connectivity index (χ3n) is 6.31. The van der Waals surface area contributed by atoms with Crippen LogP contribution in [0.15, 0.2) is 30.3 Å². The molecular formula is C28H41FN4O4S. The molecule has 1 saturated heterocycles. The number of nitrogens with one attached hydrogen (secondary N) is 2. The van der Waals surface area contributed by atoms with Crippen molar-refractivity contribution in [2.24, 2.45) is 5.92 Å². The number of carbonyl (C=O) groups is 1. The molecule has 1 aliphatic heterocycles. The van der Waals surface area contributed by atoms with Gasteiger partial charge in [-0.05, 0) is 76.8 Å². The van der Waals surface area contributed by atoms with Crippen molar-refractivity contribution in [2.45, 2.75) is 71.6 Å². The van der Waals surface area contributed by atoms with E-state index in [0.29, 0.717) is 48.9 Å². The van der Waals surface area contributed by atoms with Crippen LogP contribution < -0.4 is 19.7 Å². The largest absolute Gasteiger partial charge is 0.493 e. The molecule has 38 heavy (non-hydrogen) atoms. The molecule has 0 radical (unpaired) electrons. The molecule has 2 N–H and O–H groups in total. The fraction of sp³-hybridized carbons (Fsp3) is 0.571. The van der Waals surface area contributed by atoms with Crippen LogP contribution in [0.5, 0.6) is 5.75 Å². The normalized spacial score (nSPS) is 16.4. The number of piperidine rings is 1. The summed E-state index contributed by atoms with van der Waals surface area (Å²) in [5.74, 6) is -0.165. The van der Waals surface area contributed by atoms with E-state index in [-0.39, 0.29) is 11.5 Å². The van der Waals surface area contributed by atoms with Crippen molar-refractivity contribution < 1.29 is 22.3 Å². The third-order valence-corrected chi connectivity index (χ3v) is 8.06. The molecule has 1 fully saturated rings. The van der Waals surface area contributed by atoms with Gasteiger partial charge in [-0.2, -0.15) is 0 Å². The topological polar surface area (TPSA) is 101 Å². The van der Waals surface area contributed by atoms with Gasteiger partial charge < -0.3 is 15.0 Å². The summed E-state index contributed by atoms with van der Waals surface area (Å²) in [6, 6.07) is 7.60. The van der Waals surface area contributed by atoms with Gasteiger partial charge in [-0.1, -0.05) is 20.8 Å². The Morgan fingerprint density at radius 1 is 1.26 bits per heavy atom. The fourth-order valence-corrected chi connectivity index (χ4v) is 5.73. The lowest BCUT2D eigenvalue weighted by molar-refractivity contribution is 0.0981. The van der Waals surface area contributed by atoms with Gasteiger partial charge in [0.1, 0.15) is 17.4 Å². The number of ether oxygens (including phenoxy) is 1. The van der Waals surface area contributed by atoms with Crippen molar-refractivity contribution in [1.82, 2.24) is 15.0 Å². The molecule has 8 nitrogen and oxygen atoms in total. The number of anilines is 1. The lowest BCUT2D eigenvalue weighted by Gasteiger charge is -2.38. The molecule has 0 bridgehead atoms. The van der Waals surface area contributed by atoms with Crippen molar-refractivity contribution in [1.29, 1.82) is 0 Å². The summed E-state index contributed by atoms with van der Waals surface area (Å²) >= 11 is 0. The molecule has 2 heterocycles. The number of halogens is 1. The second kappa shape index (κ2) is 12.4. The second-order valence-electron chi connectivity index (χ2n) is 11.2. The van der Waals surface area contributed by atoms with Gasteiger partial charge in [0.05, 0.1) is 23.1 Å². The lowest BCUT2D eigenvalue weighted by Crippen LogP contribution is -2.47. The van der Waals surface area contributed by atoms with Crippen molar-refractivity contribution in [2.75, 3.05) is 31.1 Å². The number of hydrogen-bond acceptors (Lipinski definition) is 7. The number of hydrogen-bond donors (Lipinski definition) is 2. The van der Waals surface area contributed by atoms with Crippen LogP contribution in [0.1, 0.15) is 71.2 Å². The maximum absolute atomic E-state index is 14.5. The van der Waals surface area contributed by atoms with Gasteiger partial charge in [-0.25, -0.2) is 22.5 Å². The molecule has 0 saturated carbocycles. The molecule has 0 spiro atoms. The Balaban J connectivity index is 2.05. The summed E-state index contributed by atoms with van der Waals surface area (Å²) in [6.45, 7) is 14.2. The first kappa shape index (κ1) is 29.8. The number of pyridine rings is 1. The van der Waals surface area contributed by atoms with E-state index in [1.165, 1.54) is 12.1 Å².